The first kappa shape index (κ1) is 13.1. The van der Waals surface area contributed by atoms with Crippen LogP contribution in [0.25, 0.3) is 0 Å². The van der Waals surface area contributed by atoms with Gasteiger partial charge >= 0.3 is 6.03 Å². The van der Waals surface area contributed by atoms with Gasteiger partial charge in [0, 0.05) is 14.1 Å². The zero-order valence-electron chi connectivity index (χ0n) is 10.2. The molecule has 5 amide bonds. The van der Waals surface area contributed by atoms with Crippen molar-refractivity contribution in [3.05, 3.63) is 0 Å². The molecule has 7 heteroatoms. The molecule has 17 heavy (non-hydrogen) atoms. The van der Waals surface area contributed by atoms with E-state index in [9.17, 15) is 19.2 Å². The van der Waals surface area contributed by atoms with E-state index in [1.54, 1.807) is 0 Å². The predicted molar refractivity (Wildman–Crippen MR) is 57.7 cm³/mol. The third-order valence-electron chi connectivity index (χ3n) is 2.61. The predicted octanol–water partition coefficient (Wildman–Crippen LogP) is -0.821. The molecule has 0 aliphatic carbocycles. The minimum atomic E-state index is -1.33. The molecule has 1 aliphatic rings. The second-order valence-corrected chi connectivity index (χ2v) is 4.56. The van der Waals surface area contributed by atoms with Gasteiger partial charge in [-0.15, -0.1) is 0 Å². The molecule has 0 atom stereocenters. The first-order valence-electron chi connectivity index (χ1n) is 5.05. The molecule has 1 heterocycles. The highest BCUT2D eigenvalue weighted by atomic mass is 16.2. The van der Waals surface area contributed by atoms with Crippen LogP contribution in [0.2, 0.25) is 0 Å². The van der Waals surface area contributed by atoms with Crippen LogP contribution >= 0.6 is 0 Å². The molecule has 0 bridgehead atoms. The highest BCUT2D eigenvalue weighted by Crippen LogP contribution is 2.23. The van der Waals surface area contributed by atoms with Crippen LogP contribution < -0.4 is 5.32 Å². The Balaban J connectivity index is 2.93. The third kappa shape index (κ3) is 2.27. The van der Waals surface area contributed by atoms with Gasteiger partial charge in [-0.2, -0.15) is 0 Å². The highest BCUT2D eigenvalue weighted by Gasteiger charge is 2.47. The van der Waals surface area contributed by atoms with E-state index < -0.39 is 29.2 Å². The number of amides is 5. The molecule has 0 aromatic heterocycles. The number of carbonyl (C=O) groups is 4. The van der Waals surface area contributed by atoms with Gasteiger partial charge in [0.05, 0.1) is 0 Å². The standard InChI is InChI=1S/C10H15N3O4/c1-10(2)7(15)11-9(17)13(8(10)16)5-6(14)12(3)4/h5H2,1-4H3,(H,11,15,17). The number of urea groups is 1. The second kappa shape index (κ2) is 4.15. The van der Waals surface area contributed by atoms with E-state index in [0.717, 1.165) is 4.90 Å². The van der Waals surface area contributed by atoms with Crippen molar-refractivity contribution in [2.45, 2.75) is 13.8 Å². The van der Waals surface area contributed by atoms with Gasteiger partial charge in [-0.1, -0.05) is 0 Å². The lowest BCUT2D eigenvalue weighted by Gasteiger charge is -2.34. The molecular formula is C10H15N3O4. The van der Waals surface area contributed by atoms with Gasteiger partial charge in [-0.3, -0.25) is 24.6 Å². The second-order valence-electron chi connectivity index (χ2n) is 4.56. The molecule has 1 N–H and O–H groups in total. The van der Waals surface area contributed by atoms with Crippen molar-refractivity contribution in [1.29, 1.82) is 0 Å². The monoisotopic (exact) mass is 241 g/mol. The van der Waals surface area contributed by atoms with E-state index in [-0.39, 0.29) is 6.54 Å². The average Bonchev–Trinajstić information content (AvgIpc) is 2.22. The lowest BCUT2D eigenvalue weighted by Crippen LogP contribution is -2.63. The number of barbiturate groups is 1. The van der Waals surface area contributed by atoms with Crippen LogP contribution in [-0.4, -0.2) is 54.2 Å². The summed E-state index contributed by atoms with van der Waals surface area (Å²) in [5.74, 6) is -1.71. The van der Waals surface area contributed by atoms with Gasteiger partial charge in [0.2, 0.25) is 17.7 Å². The van der Waals surface area contributed by atoms with Crippen molar-refractivity contribution in [2.75, 3.05) is 20.6 Å². The fraction of sp³-hybridized carbons (Fsp3) is 0.600. The maximum absolute atomic E-state index is 11.9. The lowest BCUT2D eigenvalue weighted by atomic mass is 9.89. The first-order chi connectivity index (χ1) is 7.67. The summed E-state index contributed by atoms with van der Waals surface area (Å²) in [5.41, 5.74) is -1.33. The summed E-state index contributed by atoms with van der Waals surface area (Å²) >= 11 is 0. The maximum atomic E-state index is 11.9. The summed E-state index contributed by atoms with van der Waals surface area (Å²) in [5, 5.41) is 2.05. The van der Waals surface area contributed by atoms with Crippen molar-refractivity contribution in [2.24, 2.45) is 5.41 Å². The zero-order valence-corrected chi connectivity index (χ0v) is 10.2. The zero-order chi connectivity index (χ0) is 13.4. The molecule has 0 radical (unpaired) electrons. The Bertz CT molecular complexity index is 400. The smallest absolute Gasteiger partial charge is 0.331 e. The number of nitrogens with one attached hydrogen (secondary N) is 1. The summed E-state index contributed by atoms with van der Waals surface area (Å²) < 4.78 is 0. The molecule has 94 valence electrons. The third-order valence-corrected chi connectivity index (χ3v) is 2.61. The van der Waals surface area contributed by atoms with E-state index >= 15 is 0 Å². The number of rotatable bonds is 2. The van der Waals surface area contributed by atoms with Crippen LogP contribution in [0.4, 0.5) is 4.79 Å². The molecule has 0 saturated carbocycles. The molecule has 0 aromatic rings. The Hall–Kier alpha value is -1.92. The average molecular weight is 241 g/mol. The number of carbonyl (C=O) groups excluding carboxylic acids is 4. The van der Waals surface area contributed by atoms with Crippen molar-refractivity contribution < 1.29 is 19.2 Å². The summed E-state index contributed by atoms with van der Waals surface area (Å²) in [4.78, 5) is 48.3. The van der Waals surface area contributed by atoms with Crippen LogP contribution in [0, 0.1) is 5.41 Å². The first-order valence-corrected chi connectivity index (χ1v) is 5.05. The Labute approximate surface area is 98.7 Å². The molecule has 1 saturated heterocycles. The van der Waals surface area contributed by atoms with E-state index in [2.05, 4.69) is 5.32 Å². The topological polar surface area (TPSA) is 86.8 Å². The summed E-state index contributed by atoms with van der Waals surface area (Å²) in [6, 6.07) is -0.852. The van der Waals surface area contributed by atoms with Crippen LogP contribution in [-0.2, 0) is 14.4 Å². The number of likely N-dealkylation sites (N-methyl/N-ethyl adjacent to an activating group) is 1. The van der Waals surface area contributed by atoms with E-state index in [1.165, 1.54) is 32.8 Å². The Kier molecular flexibility index (Phi) is 3.21. The summed E-state index contributed by atoms with van der Waals surface area (Å²) in [7, 11) is 3.04. The van der Waals surface area contributed by atoms with Gasteiger partial charge in [0.1, 0.15) is 12.0 Å². The molecular weight excluding hydrogens is 226 g/mol. The van der Waals surface area contributed by atoms with Crippen LogP contribution in [0.1, 0.15) is 13.8 Å². The van der Waals surface area contributed by atoms with E-state index in [1.807, 2.05) is 0 Å². The molecule has 7 nitrogen and oxygen atoms in total. The van der Waals surface area contributed by atoms with Gasteiger partial charge in [0.25, 0.3) is 0 Å². The molecule has 0 aromatic carbocycles. The Morgan fingerprint density at radius 3 is 2.29 bits per heavy atom. The van der Waals surface area contributed by atoms with Gasteiger partial charge in [-0.05, 0) is 13.8 Å². The van der Waals surface area contributed by atoms with Crippen LogP contribution in [0.3, 0.4) is 0 Å². The molecule has 1 fully saturated rings. The Morgan fingerprint density at radius 1 is 1.29 bits per heavy atom. The summed E-state index contributed by atoms with van der Waals surface area (Å²) in [6.45, 7) is 2.45. The van der Waals surface area contributed by atoms with Crippen LogP contribution in [0.5, 0.6) is 0 Å². The SMILES string of the molecule is CN(C)C(=O)CN1C(=O)NC(=O)C(C)(C)C1=O. The molecule has 1 rings (SSSR count). The fourth-order valence-electron chi connectivity index (χ4n) is 1.27. The minimum absolute atomic E-state index is 0.367. The number of imide groups is 2. The van der Waals surface area contributed by atoms with Crippen molar-refractivity contribution in [3.8, 4) is 0 Å². The fourth-order valence-corrected chi connectivity index (χ4v) is 1.27. The van der Waals surface area contributed by atoms with Gasteiger partial charge in [-0.25, -0.2) is 4.79 Å². The quantitative estimate of drug-likeness (QED) is 0.640. The molecule has 0 unspecified atom stereocenters. The van der Waals surface area contributed by atoms with E-state index in [0.29, 0.717) is 0 Å². The van der Waals surface area contributed by atoms with Crippen molar-refractivity contribution >= 4 is 23.8 Å². The normalized spacial score (nSPS) is 19.1. The number of nitrogens with zero attached hydrogens (tertiary/aromatic N) is 2. The maximum Gasteiger partial charge on any atom is 0.331 e. The van der Waals surface area contributed by atoms with Crippen molar-refractivity contribution in [3.63, 3.8) is 0 Å². The van der Waals surface area contributed by atoms with E-state index in [4.69, 9.17) is 0 Å². The van der Waals surface area contributed by atoms with Gasteiger partial charge < -0.3 is 4.90 Å². The summed E-state index contributed by atoms with van der Waals surface area (Å²) in [6.07, 6.45) is 0. The van der Waals surface area contributed by atoms with Crippen molar-refractivity contribution in [1.82, 2.24) is 15.1 Å². The molecule has 0 spiro atoms. The number of hydrogen-bond acceptors (Lipinski definition) is 4. The Morgan fingerprint density at radius 2 is 1.82 bits per heavy atom. The van der Waals surface area contributed by atoms with Crippen LogP contribution in [0.15, 0.2) is 0 Å². The lowest BCUT2D eigenvalue weighted by molar-refractivity contribution is -0.151. The van der Waals surface area contributed by atoms with Gasteiger partial charge in [0.15, 0.2) is 0 Å². The number of hydrogen-bond donors (Lipinski definition) is 1. The largest absolute Gasteiger partial charge is 0.347 e. The minimum Gasteiger partial charge on any atom is -0.347 e. The highest BCUT2D eigenvalue weighted by molar-refractivity contribution is 6.19. The molecule has 1 aliphatic heterocycles.